The van der Waals surface area contributed by atoms with Gasteiger partial charge in [0.05, 0.1) is 18.4 Å². The van der Waals surface area contributed by atoms with Gasteiger partial charge in [0.25, 0.3) is 0 Å². The van der Waals surface area contributed by atoms with E-state index in [1.165, 1.54) is 12.1 Å². The van der Waals surface area contributed by atoms with Gasteiger partial charge in [-0.25, -0.2) is 4.39 Å². The quantitative estimate of drug-likeness (QED) is 0.602. The van der Waals surface area contributed by atoms with E-state index in [1.54, 1.807) is 6.07 Å². The van der Waals surface area contributed by atoms with Crippen LogP contribution in [-0.4, -0.2) is 19.3 Å². The van der Waals surface area contributed by atoms with E-state index in [0.717, 1.165) is 0 Å². The number of halogens is 1. The van der Waals surface area contributed by atoms with E-state index < -0.39 is 5.82 Å². The van der Waals surface area contributed by atoms with E-state index in [2.05, 4.69) is 0 Å². The van der Waals surface area contributed by atoms with Gasteiger partial charge in [0, 0.05) is 6.07 Å². The van der Waals surface area contributed by atoms with Gasteiger partial charge >= 0.3 is 0 Å². The van der Waals surface area contributed by atoms with Gasteiger partial charge in [-0.2, -0.15) is 0 Å². The monoisotopic (exact) mass is 213 g/mol. The first-order valence-electron chi connectivity index (χ1n) is 4.89. The van der Waals surface area contributed by atoms with Crippen molar-refractivity contribution in [2.45, 2.75) is 20.0 Å². The zero-order valence-electron chi connectivity index (χ0n) is 9.00. The maximum absolute atomic E-state index is 13.0. The average Bonchev–Trinajstić information content (AvgIpc) is 2.18. The molecule has 0 amide bonds. The Labute approximate surface area is 89.0 Å². The summed E-state index contributed by atoms with van der Waals surface area (Å²) in [7, 11) is 0. The topological polar surface area (TPSA) is 44.5 Å². The van der Waals surface area contributed by atoms with Crippen LogP contribution in [0.15, 0.2) is 18.2 Å². The minimum atomic E-state index is -0.461. The number of ether oxygens (including phenoxy) is 2. The summed E-state index contributed by atoms with van der Waals surface area (Å²) in [5.41, 5.74) is 5.45. The van der Waals surface area contributed by atoms with Crippen molar-refractivity contribution in [1.29, 1.82) is 0 Å². The number of nitrogens with two attached hydrogens (primary N) is 1. The second-order valence-electron chi connectivity index (χ2n) is 3.45. The first-order chi connectivity index (χ1) is 7.09. The summed E-state index contributed by atoms with van der Waals surface area (Å²) in [5.74, 6) is 0.00586. The molecule has 0 spiro atoms. The van der Waals surface area contributed by atoms with Crippen molar-refractivity contribution in [1.82, 2.24) is 0 Å². The van der Waals surface area contributed by atoms with Crippen molar-refractivity contribution in [2.75, 3.05) is 18.9 Å². The van der Waals surface area contributed by atoms with Gasteiger partial charge in [-0.15, -0.1) is 0 Å². The van der Waals surface area contributed by atoms with Crippen LogP contribution in [0.3, 0.4) is 0 Å². The third kappa shape index (κ3) is 4.16. The Morgan fingerprint density at radius 2 is 2.07 bits per heavy atom. The van der Waals surface area contributed by atoms with Crippen molar-refractivity contribution in [3.05, 3.63) is 24.0 Å². The molecule has 0 aliphatic heterocycles. The number of nitrogen functional groups attached to an aromatic ring is 1. The van der Waals surface area contributed by atoms with Crippen LogP contribution >= 0.6 is 0 Å². The highest BCUT2D eigenvalue weighted by Crippen LogP contribution is 2.17. The predicted molar refractivity (Wildman–Crippen MR) is 57.4 cm³/mol. The Morgan fingerprint density at radius 1 is 1.33 bits per heavy atom. The molecule has 0 aliphatic carbocycles. The summed E-state index contributed by atoms with van der Waals surface area (Å²) in [6.45, 7) is 4.79. The van der Waals surface area contributed by atoms with Crippen LogP contribution in [0.2, 0.25) is 0 Å². The molecule has 0 heterocycles. The molecule has 0 fully saturated rings. The fourth-order valence-electron chi connectivity index (χ4n) is 1.04. The van der Waals surface area contributed by atoms with E-state index in [4.69, 9.17) is 15.2 Å². The molecule has 1 aromatic rings. The van der Waals surface area contributed by atoms with Crippen LogP contribution in [0.25, 0.3) is 0 Å². The van der Waals surface area contributed by atoms with Gasteiger partial charge in [0.1, 0.15) is 18.2 Å². The normalized spacial score (nSPS) is 10.7. The van der Waals surface area contributed by atoms with Crippen LogP contribution in [0, 0.1) is 5.82 Å². The predicted octanol–water partition coefficient (Wildman–Crippen LogP) is 2.21. The van der Waals surface area contributed by atoms with Crippen LogP contribution in [0.5, 0.6) is 5.75 Å². The minimum Gasteiger partial charge on any atom is -0.491 e. The molecule has 0 unspecified atom stereocenters. The summed E-state index contributed by atoms with van der Waals surface area (Å²) < 4.78 is 23.5. The lowest BCUT2D eigenvalue weighted by Gasteiger charge is -2.09. The van der Waals surface area contributed by atoms with Crippen molar-refractivity contribution < 1.29 is 13.9 Å². The smallest absolute Gasteiger partial charge is 0.149 e. The first kappa shape index (κ1) is 11.8. The fraction of sp³-hybridized carbons (Fsp3) is 0.455. The second kappa shape index (κ2) is 5.56. The van der Waals surface area contributed by atoms with E-state index in [9.17, 15) is 4.39 Å². The highest BCUT2D eigenvalue weighted by atomic mass is 19.1. The second-order valence-corrected chi connectivity index (χ2v) is 3.45. The lowest BCUT2D eigenvalue weighted by atomic mass is 10.3. The van der Waals surface area contributed by atoms with Crippen molar-refractivity contribution in [3.8, 4) is 5.75 Å². The fourth-order valence-corrected chi connectivity index (χ4v) is 1.04. The molecule has 0 aliphatic rings. The third-order valence-corrected chi connectivity index (χ3v) is 1.78. The van der Waals surface area contributed by atoms with Crippen LogP contribution < -0.4 is 10.5 Å². The zero-order chi connectivity index (χ0) is 11.3. The number of hydrogen-bond donors (Lipinski definition) is 1. The lowest BCUT2D eigenvalue weighted by molar-refractivity contribution is 0.0552. The summed E-state index contributed by atoms with van der Waals surface area (Å²) in [5, 5.41) is 0. The average molecular weight is 213 g/mol. The van der Waals surface area contributed by atoms with Gasteiger partial charge in [0.15, 0.2) is 0 Å². The highest BCUT2D eigenvalue weighted by molar-refractivity contribution is 5.43. The largest absolute Gasteiger partial charge is 0.491 e. The Morgan fingerprint density at radius 3 is 2.67 bits per heavy atom. The lowest BCUT2D eigenvalue weighted by Crippen LogP contribution is -2.11. The molecular weight excluding hydrogens is 197 g/mol. The van der Waals surface area contributed by atoms with E-state index >= 15 is 0 Å². The molecule has 0 atom stereocenters. The Balaban J connectivity index is 2.35. The van der Waals surface area contributed by atoms with Gasteiger partial charge in [-0.05, 0) is 26.0 Å². The first-order valence-corrected chi connectivity index (χ1v) is 4.89. The zero-order valence-corrected chi connectivity index (χ0v) is 9.00. The summed E-state index contributed by atoms with van der Waals surface area (Å²) in [4.78, 5) is 0. The van der Waals surface area contributed by atoms with E-state index in [1.807, 2.05) is 13.8 Å². The molecule has 0 aromatic heterocycles. The summed E-state index contributed by atoms with van der Waals surface area (Å²) >= 11 is 0. The van der Waals surface area contributed by atoms with Gasteiger partial charge in [0.2, 0.25) is 0 Å². The van der Waals surface area contributed by atoms with E-state index in [-0.39, 0.29) is 11.8 Å². The highest BCUT2D eigenvalue weighted by Gasteiger charge is 2.00. The van der Waals surface area contributed by atoms with Crippen LogP contribution in [-0.2, 0) is 4.74 Å². The van der Waals surface area contributed by atoms with Gasteiger partial charge in [-0.1, -0.05) is 0 Å². The maximum atomic E-state index is 13.0. The number of hydrogen-bond acceptors (Lipinski definition) is 3. The molecule has 84 valence electrons. The summed E-state index contributed by atoms with van der Waals surface area (Å²) in [6.07, 6.45) is 0.178. The Bertz CT molecular complexity index is 315. The number of rotatable bonds is 5. The minimum absolute atomic E-state index is 0.126. The molecule has 0 saturated carbocycles. The molecular formula is C11H16FNO2. The Kier molecular flexibility index (Phi) is 4.37. The van der Waals surface area contributed by atoms with Crippen LogP contribution in [0.1, 0.15) is 13.8 Å². The maximum Gasteiger partial charge on any atom is 0.149 e. The molecule has 15 heavy (non-hydrogen) atoms. The molecule has 1 aromatic carbocycles. The molecule has 1 rings (SSSR count). The standard InChI is InChI=1S/C11H16FNO2/c1-8(2)14-5-6-15-9-3-4-11(13)10(12)7-9/h3-4,7-8H,5-6,13H2,1-2H3. The van der Waals surface area contributed by atoms with E-state index in [0.29, 0.717) is 19.0 Å². The SMILES string of the molecule is CC(C)OCCOc1ccc(N)c(F)c1. The molecule has 0 radical (unpaired) electrons. The van der Waals surface area contributed by atoms with Gasteiger partial charge < -0.3 is 15.2 Å². The van der Waals surface area contributed by atoms with Crippen molar-refractivity contribution in [3.63, 3.8) is 0 Å². The molecule has 3 nitrogen and oxygen atoms in total. The Hall–Kier alpha value is -1.29. The molecule has 2 N–H and O–H groups in total. The van der Waals surface area contributed by atoms with Crippen LogP contribution in [0.4, 0.5) is 10.1 Å². The number of benzene rings is 1. The van der Waals surface area contributed by atoms with Gasteiger partial charge in [-0.3, -0.25) is 0 Å². The summed E-state index contributed by atoms with van der Waals surface area (Å²) in [6, 6.07) is 4.38. The molecule has 0 bridgehead atoms. The van der Waals surface area contributed by atoms with Crippen molar-refractivity contribution >= 4 is 5.69 Å². The number of anilines is 1. The third-order valence-electron chi connectivity index (χ3n) is 1.78. The molecule has 0 saturated heterocycles. The van der Waals surface area contributed by atoms with Crippen molar-refractivity contribution in [2.24, 2.45) is 0 Å². The molecule has 4 heteroatoms.